The molecule has 0 unspecified atom stereocenters. The fraction of sp³-hybridized carbons (Fsp3) is 0.533. The molecule has 2 aromatic carbocycles. The van der Waals surface area contributed by atoms with E-state index in [1.54, 1.807) is 12.1 Å². The fourth-order valence-electron chi connectivity index (χ4n) is 3.71. The van der Waals surface area contributed by atoms with E-state index in [4.69, 9.17) is 47.4 Å². The molecule has 0 spiro atoms. The molecular weight excluding hydrogens is 584 g/mol. The van der Waals surface area contributed by atoms with Crippen molar-refractivity contribution in [3.63, 3.8) is 0 Å². The normalized spacial score (nSPS) is 18.0. The Bertz CT molecular complexity index is 1040. The first-order valence-electron chi connectivity index (χ1n) is 14.2. The van der Waals surface area contributed by atoms with Gasteiger partial charge in [0.25, 0.3) is 0 Å². The highest BCUT2D eigenvalue weighted by molar-refractivity contribution is 5.90. The standard InChI is InChI=1S/C30H40O14/c31-29(32)25-21-23-1-3-27(25)43-19-15-39-11-7-36-6-10-38-14-18-42-24-2-4-28(26(22-24)30(33)34)44-20-16-40-12-8-35-5-9-37-13-17-41-23/h1-4,21-22H,5-20H2,(H,31,32)(H,33,34)/p-2. The maximum Gasteiger partial charge on any atom is 0.128 e. The lowest BCUT2D eigenvalue weighted by Gasteiger charge is -2.15. The van der Waals surface area contributed by atoms with E-state index >= 15 is 0 Å². The molecule has 0 radical (unpaired) electrons. The minimum atomic E-state index is -1.38. The van der Waals surface area contributed by atoms with Crippen LogP contribution in [-0.4, -0.2) is 118 Å². The maximum atomic E-state index is 11.6. The van der Waals surface area contributed by atoms with Crippen molar-refractivity contribution < 1.29 is 67.2 Å². The molecule has 0 fully saturated rings. The van der Waals surface area contributed by atoms with Crippen LogP contribution in [0.25, 0.3) is 0 Å². The smallest absolute Gasteiger partial charge is 0.128 e. The second kappa shape index (κ2) is 21.1. The minimum Gasteiger partial charge on any atom is -0.545 e. The van der Waals surface area contributed by atoms with Gasteiger partial charge in [0.2, 0.25) is 0 Å². The highest BCUT2D eigenvalue weighted by atomic mass is 16.6. The van der Waals surface area contributed by atoms with Gasteiger partial charge in [0.1, 0.15) is 49.4 Å². The molecule has 244 valence electrons. The summed E-state index contributed by atoms with van der Waals surface area (Å²) in [5, 5.41) is 23.1. The Balaban J connectivity index is 1.44. The first kappa shape index (κ1) is 34.8. The van der Waals surface area contributed by atoms with Crippen molar-refractivity contribution in [2.45, 2.75) is 0 Å². The van der Waals surface area contributed by atoms with Crippen LogP contribution in [-0.2, 0) is 28.4 Å². The number of benzene rings is 2. The van der Waals surface area contributed by atoms with E-state index in [2.05, 4.69) is 0 Å². The van der Waals surface area contributed by atoms with Crippen LogP contribution in [0.2, 0.25) is 0 Å². The van der Waals surface area contributed by atoms with Gasteiger partial charge in [0.15, 0.2) is 0 Å². The summed E-state index contributed by atoms with van der Waals surface area (Å²) < 4.78 is 54.9. The Morgan fingerprint density at radius 2 is 0.682 bits per heavy atom. The molecule has 4 aliphatic heterocycles. The molecule has 4 aliphatic rings. The summed E-state index contributed by atoms with van der Waals surface area (Å²) in [6.45, 7) is 4.29. The number of rotatable bonds is 2. The van der Waals surface area contributed by atoms with Gasteiger partial charge in [-0.05, 0) is 36.4 Å². The van der Waals surface area contributed by atoms with Crippen LogP contribution in [0, 0.1) is 0 Å². The zero-order chi connectivity index (χ0) is 31.2. The zero-order valence-electron chi connectivity index (χ0n) is 24.5. The van der Waals surface area contributed by atoms with Gasteiger partial charge >= 0.3 is 0 Å². The molecule has 0 atom stereocenters. The largest absolute Gasteiger partial charge is 0.545 e. The molecule has 0 aliphatic carbocycles. The number of hydrogen-bond donors (Lipinski definition) is 0. The van der Waals surface area contributed by atoms with Gasteiger partial charge in [0, 0.05) is 11.1 Å². The molecule has 0 amide bonds. The molecule has 4 heterocycles. The Hall–Kier alpha value is -3.66. The van der Waals surface area contributed by atoms with Crippen LogP contribution >= 0.6 is 0 Å². The molecule has 14 heteroatoms. The Morgan fingerprint density at radius 1 is 0.409 bits per heavy atom. The van der Waals surface area contributed by atoms with Crippen molar-refractivity contribution in [2.75, 3.05) is 106 Å². The van der Waals surface area contributed by atoms with E-state index in [0.717, 1.165) is 0 Å². The average Bonchev–Trinajstić information content (AvgIpc) is 3.01. The first-order chi connectivity index (χ1) is 21.5. The highest BCUT2D eigenvalue weighted by Gasteiger charge is 2.09. The van der Waals surface area contributed by atoms with E-state index in [9.17, 15) is 19.8 Å². The molecular formula is C30H38O14-2. The van der Waals surface area contributed by atoms with Crippen molar-refractivity contribution in [3.05, 3.63) is 47.5 Å². The SMILES string of the molecule is O=C([O-])c1cc2ccc1OCCOCCOCCOCCOc1ccc(c(C(=O)[O-])c1)OCCOCCOCCOCCO2. The monoisotopic (exact) mass is 622 g/mol. The number of ether oxygens (including phenoxy) is 10. The lowest BCUT2D eigenvalue weighted by atomic mass is 10.2. The van der Waals surface area contributed by atoms with Crippen LogP contribution in [0.15, 0.2) is 36.4 Å². The predicted molar refractivity (Wildman–Crippen MR) is 148 cm³/mol. The Kier molecular flexibility index (Phi) is 16.7. The summed E-state index contributed by atoms with van der Waals surface area (Å²) in [5.74, 6) is -1.79. The number of carbonyl (C=O) groups is 2. The Morgan fingerprint density at radius 3 is 0.977 bits per heavy atom. The first-order valence-corrected chi connectivity index (χ1v) is 14.2. The van der Waals surface area contributed by atoms with Crippen molar-refractivity contribution >= 4 is 11.9 Å². The minimum absolute atomic E-state index is 0.128. The van der Waals surface area contributed by atoms with Gasteiger partial charge < -0.3 is 67.2 Å². The van der Waals surface area contributed by atoms with Crippen molar-refractivity contribution in [1.29, 1.82) is 0 Å². The van der Waals surface area contributed by atoms with Crippen LogP contribution in [0.1, 0.15) is 20.7 Å². The fourth-order valence-corrected chi connectivity index (χ4v) is 3.71. The van der Waals surface area contributed by atoms with Crippen LogP contribution < -0.4 is 29.2 Å². The quantitative estimate of drug-likeness (QED) is 0.429. The molecule has 4 bridgehead atoms. The van der Waals surface area contributed by atoms with E-state index in [1.165, 1.54) is 24.3 Å². The lowest BCUT2D eigenvalue weighted by molar-refractivity contribution is -0.256. The summed E-state index contributed by atoms with van der Waals surface area (Å²) in [6, 6.07) is 8.88. The molecule has 44 heavy (non-hydrogen) atoms. The topological polar surface area (TPSA) is 173 Å². The number of hydrogen-bond acceptors (Lipinski definition) is 14. The predicted octanol–water partition coefficient (Wildman–Crippen LogP) is -0.258. The Labute approximate surface area is 255 Å². The zero-order valence-corrected chi connectivity index (χ0v) is 24.5. The van der Waals surface area contributed by atoms with Gasteiger partial charge in [-0.2, -0.15) is 0 Å². The van der Waals surface area contributed by atoms with Crippen molar-refractivity contribution in [2.24, 2.45) is 0 Å². The van der Waals surface area contributed by atoms with E-state index in [-0.39, 0.29) is 75.5 Å². The maximum absolute atomic E-state index is 11.6. The number of carboxylic acid groups (broad SMARTS) is 2. The van der Waals surface area contributed by atoms with Crippen LogP contribution in [0.4, 0.5) is 0 Å². The van der Waals surface area contributed by atoms with Crippen molar-refractivity contribution in [1.82, 2.24) is 0 Å². The van der Waals surface area contributed by atoms with Gasteiger partial charge in [-0.15, -0.1) is 0 Å². The van der Waals surface area contributed by atoms with Gasteiger partial charge in [0.05, 0.1) is 91.2 Å². The average molecular weight is 623 g/mol. The summed E-state index contributed by atoms with van der Waals surface area (Å²) in [4.78, 5) is 23.1. The van der Waals surface area contributed by atoms with E-state index < -0.39 is 11.9 Å². The molecule has 0 N–H and O–H groups in total. The second-order valence-corrected chi connectivity index (χ2v) is 8.96. The van der Waals surface area contributed by atoms with Crippen LogP contribution in [0.3, 0.4) is 0 Å². The molecule has 6 rings (SSSR count). The van der Waals surface area contributed by atoms with Gasteiger partial charge in [-0.1, -0.05) is 0 Å². The molecule has 0 saturated carbocycles. The third-order valence-corrected chi connectivity index (χ3v) is 5.79. The second-order valence-electron chi connectivity index (χ2n) is 8.96. The summed E-state index contributed by atoms with van der Waals surface area (Å²) >= 11 is 0. The van der Waals surface area contributed by atoms with E-state index in [1.807, 2.05) is 0 Å². The third kappa shape index (κ3) is 13.8. The third-order valence-electron chi connectivity index (χ3n) is 5.79. The summed E-state index contributed by atoms with van der Waals surface area (Å²) in [6.07, 6.45) is 0. The number of carboxylic acids is 2. The number of aromatic carboxylic acids is 2. The summed E-state index contributed by atoms with van der Waals surface area (Å²) in [7, 11) is 0. The highest BCUT2D eigenvalue weighted by Crippen LogP contribution is 2.25. The molecule has 14 nitrogen and oxygen atoms in total. The van der Waals surface area contributed by atoms with Crippen molar-refractivity contribution in [3.8, 4) is 23.0 Å². The van der Waals surface area contributed by atoms with Gasteiger partial charge in [-0.3, -0.25) is 0 Å². The molecule has 0 saturated heterocycles. The van der Waals surface area contributed by atoms with E-state index in [0.29, 0.717) is 64.4 Å². The van der Waals surface area contributed by atoms with Gasteiger partial charge in [-0.25, -0.2) is 0 Å². The number of carbonyl (C=O) groups excluding carboxylic acids is 2. The van der Waals surface area contributed by atoms with Crippen LogP contribution in [0.5, 0.6) is 23.0 Å². The molecule has 0 aromatic heterocycles. The lowest BCUT2D eigenvalue weighted by Crippen LogP contribution is -2.24. The molecule has 2 aromatic rings. The summed E-state index contributed by atoms with van der Waals surface area (Å²) in [5.41, 5.74) is -0.256.